The van der Waals surface area contributed by atoms with Crippen molar-refractivity contribution in [2.45, 2.75) is 71.0 Å². The SMILES string of the molecule is CC1COC(C2CCC(C3CCC(CC=C(F)F)CC3)CC2)OC1. The minimum atomic E-state index is -1.52. The second kappa shape index (κ2) is 8.75. The summed E-state index contributed by atoms with van der Waals surface area (Å²) in [6, 6.07) is 0. The molecule has 138 valence electrons. The number of rotatable bonds is 4. The van der Waals surface area contributed by atoms with Crippen molar-refractivity contribution >= 4 is 0 Å². The van der Waals surface area contributed by atoms with Crippen molar-refractivity contribution in [3.63, 3.8) is 0 Å². The lowest BCUT2D eigenvalue weighted by Crippen LogP contribution is -2.38. The quantitative estimate of drug-likeness (QED) is 0.645. The zero-order valence-corrected chi connectivity index (χ0v) is 14.9. The first-order chi connectivity index (χ1) is 11.6. The fraction of sp³-hybridized carbons (Fsp3) is 0.900. The molecule has 0 spiro atoms. The molecule has 0 amide bonds. The molecule has 0 radical (unpaired) electrons. The first-order valence-electron chi connectivity index (χ1n) is 9.86. The van der Waals surface area contributed by atoms with Crippen LogP contribution in [-0.2, 0) is 9.47 Å². The van der Waals surface area contributed by atoms with E-state index in [0.29, 0.717) is 24.2 Å². The third-order valence-electron chi connectivity index (χ3n) is 6.45. The van der Waals surface area contributed by atoms with E-state index < -0.39 is 6.08 Å². The molecule has 3 rings (SSSR count). The van der Waals surface area contributed by atoms with Gasteiger partial charge in [-0.3, -0.25) is 0 Å². The van der Waals surface area contributed by atoms with Gasteiger partial charge in [0.05, 0.1) is 13.2 Å². The van der Waals surface area contributed by atoms with Gasteiger partial charge in [-0.1, -0.05) is 6.92 Å². The first kappa shape index (κ1) is 18.3. The maximum atomic E-state index is 12.2. The monoisotopic (exact) mass is 342 g/mol. The minimum absolute atomic E-state index is 0.0280. The molecule has 1 heterocycles. The third-order valence-corrected chi connectivity index (χ3v) is 6.45. The Morgan fingerprint density at radius 2 is 1.33 bits per heavy atom. The van der Waals surface area contributed by atoms with Crippen LogP contribution in [0.5, 0.6) is 0 Å². The molecule has 0 atom stereocenters. The Labute approximate surface area is 145 Å². The number of halogens is 2. The largest absolute Gasteiger partial charge is 0.352 e. The fourth-order valence-electron chi connectivity index (χ4n) is 4.93. The van der Waals surface area contributed by atoms with Gasteiger partial charge in [0.15, 0.2) is 6.29 Å². The lowest BCUT2D eigenvalue weighted by atomic mass is 9.68. The number of allylic oxidation sites excluding steroid dienone is 1. The highest BCUT2D eigenvalue weighted by Crippen LogP contribution is 2.43. The molecule has 24 heavy (non-hydrogen) atoms. The summed E-state index contributed by atoms with van der Waals surface area (Å²) in [7, 11) is 0. The van der Waals surface area contributed by atoms with Crippen LogP contribution < -0.4 is 0 Å². The Bertz CT molecular complexity index is 398. The molecular formula is C20H32F2O2. The summed E-state index contributed by atoms with van der Waals surface area (Å²) < 4.78 is 36.2. The summed E-state index contributed by atoms with van der Waals surface area (Å²) in [5.74, 6) is 3.22. The topological polar surface area (TPSA) is 18.5 Å². The van der Waals surface area contributed by atoms with E-state index in [2.05, 4.69) is 6.92 Å². The van der Waals surface area contributed by atoms with E-state index in [0.717, 1.165) is 44.0 Å². The van der Waals surface area contributed by atoms with Crippen molar-refractivity contribution in [1.82, 2.24) is 0 Å². The van der Waals surface area contributed by atoms with Crippen LogP contribution in [0.25, 0.3) is 0 Å². The second-order valence-corrected chi connectivity index (χ2v) is 8.33. The predicted molar refractivity (Wildman–Crippen MR) is 90.7 cm³/mol. The highest BCUT2D eigenvalue weighted by Gasteiger charge is 2.35. The van der Waals surface area contributed by atoms with Gasteiger partial charge in [0.2, 0.25) is 0 Å². The van der Waals surface area contributed by atoms with Gasteiger partial charge in [-0.05, 0) is 81.6 Å². The van der Waals surface area contributed by atoms with Gasteiger partial charge in [0, 0.05) is 11.8 Å². The van der Waals surface area contributed by atoms with Gasteiger partial charge in [-0.2, -0.15) is 8.78 Å². The normalized spacial score (nSPS) is 41.0. The summed E-state index contributed by atoms with van der Waals surface area (Å²) in [6.07, 6.45) is 9.93. The molecule has 2 nitrogen and oxygen atoms in total. The van der Waals surface area contributed by atoms with E-state index in [1.54, 1.807) is 0 Å². The summed E-state index contributed by atoms with van der Waals surface area (Å²) in [6.45, 7) is 3.84. The van der Waals surface area contributed by atoms with Gasteiger partial charge in [-0.15, -0.1) is 0 Å². The Morgan fingerprint density at radius 3 is 1.88 bits per heavy atom. The molecule has 3 fully saturated rings. The van der Waals surface area contributed by atoms with Gasteiger partial charge in [0.25, 0.3) is 6.08 Å². The molecule has 3 aliphatic rings. The highest BCUT2D eigenvalue weighted by molar-refractivity contribution is 4.87. The number of hydrogen-bond acceptors (Lipinski definition) is 2. The third kappa shape index (κ3) is 5.01. The Kier molecular flexibility index (Phi) is 6.68. The lowest BCUT2D eigenvalue weighted by molar-refractivity contribution is -0.227. The minimum Gasteiger partial charge on any atom is -0.352 e. The Balaban J connectivity index is 1.37. The second-order valence-electron chi connectivity index (χ2n) is 8.33. The molecule has 0 aromatic carbocycles. The summed E-state index contributed by atoms with van der Waals surface area (Å²) in [4.78, 5) is 0. The lowest BCUT2D eigenvalue weighted by Gasteiger charge is -2.40. The van der Waals surface area contributed by atoms with E-state index in [9.17, 15) is 8.78 Å². The van der Waals surface area contributed by atoms with Crippen molar-refractivity contribution in [3.8, 4) is 0 Å². The molecule has 0 unspecified atom stereocenters. The molecule has 1 saturated heterocycles. The average molecular weight is 342 g/mol. The average Bonchev–Trinajstić information content (AvgIpc) is 2.61. The molecule has 0 aromatic rings. The van der Waals surface area contributed by atoms with Crippen LogP contribution in [0.4, 0.5) is 8.78 Å². The zero-order chi connectivity index (χ0) is 16.9. The summed E-state index contributed by atoms with van der Waals surface area (Å²) in [5.41, 5.74) is 0. The summed E-state index contributed by atoms with van der Waals surface area (Å²) in [5, 5.41) is 0. The maximum Gasteiger partial charge on any atom is 0.266 e. The first-order valence-corrected chi connectivity index (χ1v) is 9.86. The van der Waals surface area contributed by atoms with Crippen molar-refractivity contribution in [2.24, 2.45) is 29.6 Å². The van der Waals surface area contributed by atoms with Gasteiger partial charge in [-0.25, -0.2) is 0 Å². The van der Waals surface area contributed by atoms with E-state index in [-0.39, 0.29) is 6.29 Å². The molecule has 0 N–H and O–H groups in total. The van der Waals surface area contributed by atoms with Gasteiger partial charge < -0.3 is 9.47 Å². The van der Waals surface area contributed by atoms with Crippen LogP contribution in [0.1, 0.15) is 64.7 Å². The van der Waals surface area contributed by atoms with Crippen LogP contribution in [0, 0.1) is 29.6 Å². The van der Waals surface area contributed by atoms with Crippen LogP contribution in [-0.4, -0.2) is 19.5 Å². The van der Waals surface area contributed by atoms with E-state index in [1.165, 1.54) is 38.5 Å². The fourth-order valence-corrected chi connectivity index (χ4v) is 4.93. The number of hydrogen-bond donors (Lipinski definition) is 0. The molecule has 1 aliphatic heterocycles. The van der Waals surface area contributed by atoms with Crippen LogP contribution in [0.2, 0.25) is 0 Å². The molecule has 2 aliphatic carbocycles. The van der Waals surface area contributed by atoms with Crippen LogP contribution in [0.15, 0.2) is 12.2 Å². The zero-order valence-electron chi connectivity index (χ0n) is 14.9. The molecule has 4 heteroatoms. The van der Waals surface area contributed by atoms with E-state index >= 15 is 0 Å². The van der Waals surface area contributed by atoms with Gasteiger partial charge >= 0.3 is 0 Å². The number of ether oxygens (including phenoxy) is 2. The highest BCUT2D eigenvalue weighted by atomic mass is 19.3. The Hall–Kier alpha value is -0.480. The maximum absolute atomic E-state index is 12.2. The van der Waals surface area contributed by atoms with Crippen molar-refractivity contribution in [1.29, 1.82) is 0 Å². The van der Waals surface area contributed by atoms with Crippen LogP contribution >= 0.6 is 0 Å². The van der Waals surface area contributed by atoms with Crippen molar-refractivity contribution in [2.75, 3.05) is 13.2 Å². The molecule has 0 bridgehead atoms. The van der Waals surface area contributed by atoms with Crippen LogP contribution in [0.3, 0.4) is 0 Å². The standard InChI is InChI=1S/C20H32F2O2/c1-14-12-23-20(24-13-14)18-9-7-17(8-10-18)16-5-2-15(3-6-16)4-11-19(21)22/h11,14-18,20H,2-10,12-13H2,1H3. The van der Waals surface area contributed by atoms with Crippen molar-refractivity contribution < 1.29 is 18.3 Å². The molecule has 0 aromatic heterocycles. The molecule has 2 saturated carbocycles. The Morgan fingerprint density at radius 1 is 0.833 bits per heavy atom. The van der Waals surface area contributed by atoms with E-state index in [1.807, 2.05) is 0 Å². The smallest absolute Gasteiger partial charge is 0.266 e. The summed E-state index contributed by atoms with van der Waals surface area (Å²) >= 11 is 0. The van der Waals surface area contributed by atoms with Crippen molar-refractivity contribution in [3.05, 3.63) is 12.2 Å². The predicted octanol–water partition coefficient (Wildman–Crippen LogP) is 5.78. The molecular weight excluding hydrogens is 310 g/mol. The van der Waals surface area contributed by atoms with Gasteiger partial charge in [0.1, 0.15) is 0 Å². The van der Waals surface area contributed by atoms with E-state index in [4.69, 9.17) is 9.47 Å².